The number of rotatable bonds is 10. The molecule has 4 nitrogen and oxygen atoms in total. The van der Waals surface area contributed by atoms with Crippen molar-refractivity contribution in [3.05, 3.63) is 0 Å². The SMILES string of the molecule is CCCCCCC(CC)(C(=O)[O-])C(CC)C(=O)[O-].[Na+].[Na+]. The Morgan fingerprint density at radius 1 is 1.00 bits per heavy atom. The molecule has 0 aromatic rings. The van der Waals surface area contributed by atoms with Crippen molar-refractivity contribution in [3.63, 3.8) is 0 Å². The number of unbranched alkanes of at least 4 members (excludes halogenated alkanes) is 3. The van der Waals surface area contributed by atoms with Crippen LogP contribution in [-0.2, 0) is 9.59 Å². The molecule has 0 aliphatic carbocycles. The maximum atomic E-state index is 11.4. The van der Waals surface area contributed by atoms with Gasteiger partial charge in [-0.3, -0.25) is 0 Å². The average molecular weight is 302 g/mol. The summed E-state index contributed by atoms with van der Waals surface area (Å²) in [5.41, 5.74) is -1.28. The van der Waals surface area contributed by atoms with Crippen LogP contribution in [0.25, 0.3) is 0 Å². The summed E-state index contributed by atoms with van der Waals surface area (Å²) in [4.78, 5) is 22.5. The summed E-state index contributed by atoms with van der Waals surface area (Å²) in [6.45, 7) is 5.46. The number of hydrogen-bond acceptors (Lipinski definition) is 4. The molecule has 0 aromatic heterocycles. The van der Waals surface area contributed by atoms with Gasteiger partial charge in [-0.05, 0) is 19.3 Å². The standard InChI is InChI=1S/C14H26O4.2Na/c1-4-7-8-9-10-14(6-3,13(17)18)11(5-2)12(15)16;;/h11H,4-10H2,1-3H3,(H,15,16)(H,17,18);;/q;2*+1/p-2. The maximum absolute atomic E-state index is 11.4. The molecule has 2 unspecified atom stereocenters. The first kappa shape index (κ1) is 25.9. The molecule has 2 atom stereocenters. The zero-order valence-electron chi connectivity index (χ0n) is 13.7. The minimum absolute atomic E-state index is 0. The molecule has 0 N–H and O–H groups in total. The quantitative estimate of drug-likeness (QED) is 0.299. The van der Waals surface area contributed by atoms with E-state index in [-0.39, 0.29) is 72.0 Å². The van der Waals surface area contributed by atoms with Gasteiger partial charge in [-0.1, -0.05) is 46.5 Å². The molecule has 0 radical (unpaired) electrons. The van der Waals surface area contributed by atoms with Crippen molar-refractivity contribution in [1.29, 1.82) is 0 Å². The molecule has 0 amide bonds. The number of carbonyl (C=O) groups excluding carboxylic acids is 2. The minimum atomic E-state index is -1.28. The first-order chi connectivity index (χ1) is 8.46. The van der Waals surface area contributed by atoms with Gasteiger partial charge in [0.25, 0.3) is 0 Å². The molecular weight excluding hydrogens is 278 g/mol. The summed E-state index contributed by atoms with van der Waals surface area (Å²) in [7, 11) is 0. The van der Waals surface area contributed by atoms with E-state index in [4.69, 9.17) is 0 Å². The summed E-state index contributed by atoms with van der Waals surface area (Å²) in [6, 6.07) is 0. The van der Waals surface area contributed by atoms with E-state index in [2.05, 4.69) is 6.92 Å². The molecule has 0 spiro atoms. The predicted molar refractivity (Wildman–Crippen MR) is 65.3 cm³/mol. The average Bonchev–Trinajstić information content (AvgIpc) is 2.32. The van der Waals surface area contributed by atoms with Gasteiger partial charge < -0.3 is 19.8 Å². The third-order valence-electron chi connectivity index (χ3n) is 3.87. The van der Waals surface area contributed by atoms with Crippen LogP contribution in [-0.4, -0.2) is 11.9 Å². The van der Waals surface area contributed by atoms with Crippen LogP contribution in [0, 0.1) is 11.3 Å². The molecule has 0 fully saturated rings. The summed E-state index contributed by atoms with van der Waals surface area (Å²) >= 11 is 0. The minimum Gasteiger partial charge on any atom is -0.550 e. The molecule has 0 saturated carbocycles. The van der Waals surface area contributed by atoms with Gasteiger partial charge in [-0.15, -0.1) is 0 Å². The van der Waals surface area contributed by atoms with Crippen LogP contribution in [0.1, 0.15) is 65.7 Å². The van der Waals surface area contributed by atoms with E-state index in [0.717, 1.165) is 25.7 Å². The van der Waals surface area contributed by atoms with Crippen LogP contribution in [0.5, 0.6) is 0 Å². The topological polar surface area (TPSA) is 80.3 Å². The summed E-state index contributed by atoms with van der Waals surface area (Å²) in [5, 5.41) is 22.5. The van der Waals surface area contributed by atoms with Crippen molar-refractivity contribution in [2.75, 3.05) is 0 Å². The van der Waals surface area contributed by atoms with Crippen LogP contribution < -0.4 is 69.3 Å². The smallest absolute Gasteiger partial charge is 0.550 e. The molecule has 106 valence electrons. The monoisotopic (exact) mass is 302 g/mol. The molecule has 0 saturated heterocycles. The van der Waals surface area contributed by atoms with Gasteiger partial charge in [-0.25, -0.2) is 0 Å². The Morgan fingerprint density at radius 2 is 1.55 bits per heavy atom. The van der Waals surface area contributed by atoms with Crippen molar-refractivity contribution in [1.82, 2.24) is 0 Å². The fourth-order valence-electron chi connectivity index (χ4n) is 2.64. The first-order valence-electron chi connectivity index (χ1n) is 6.88. The molecule has 0 aliphatic rings. The van der Waals surface area contributed by atoms with E-state index in [9.17, 15) is 19.8 Å². The summed E-state index contributed by atoms with van der Waals surface area (Å²) in [5.74, 6) is -3.49. The van der Waals surface area contributed by atoms with Gasteiger partial charge >= 0.3 is 59.1 Å². The number of carboxylic acids is 2. The fourth-order valence-corrected chi connectivity index (χ4v) is 2.64. The second kappa shape index (κ2) is 13.6. The van der Waals surface area contributed by atoms with Crippen molar-refractivity contribution < 1.29 is 78.9 Å². The second-order valence-electron chi connectivity index (χ2n) is 4.89. The van der Waals surface area contributed by atoms with Gasteiger partial charge in [0.1, 0.15) is 0 Å². The number of carboxylic acid groups (broad SMARTS) is 2. The molecule has 6 heteroatoms. The zero-order valence-corrected chi connectivity index (χ0v) is 17.7. The molecule has 20 heavy (non-hydrogen) atoms. The molecule has 0 rings (SSSR count). The maximum Gasteiger partial charge on any atom is 1.00 e. The van der Waals surface area contributed by atoms with Crippen molar-refractivity contribution in [2.24, 2.45) is 11.3 Å². The Kier molecular flexibility index (Phi) is 17.6. The van der Waals surface area contributed by atoms with Crippen LogP contribution >= 0.6 is 0 Å². The van der Waals surface area contributed by atoms with E-state index >= 15 is 0 Å². The van der Waals surface area contributed by atoms with Gasteiger partial charge in [0.2, 0.25) is 0 Å². The van der Waals surface area contributed by atoms with Crippen LogP contribution in [0.4, 0.5) is 0 Å². The van der Waals surface area contributed by atoms with Gasteiger partial charge in [0, 0.05) is 23.3 Å². The summed E-state index contributed by atoms with van der Waals surface area (Å²) < 4.78 is 0. The first-order valence-corrected chi connectivity index (χ1v) is 6.88. The van der Waals surface area contributed by atoms with Crippen molar-refractivity contribution >= 4 is 11.9 Å². The van der Waals surface area contributed by atoms with E-state index in [1.165, 1.54) is 0 Å². The van der Waals surface area contributed by atoms with E-state index in [1.807, 2.05) is 0 Å². The van der Waals surface area contributed by atoms with Gasteiger partial charge in [0.15, 0.2) is 0 Å². The van der Waals surface area contributed by atoms with Crippen LogP contribution in [0.2, 0.25) is 0 Å². The molecular formula is C14H24Na2O4. The zero-order chi connectivity index (χ0) is 14.2. The van der Waals surface area contributed by atoms with E-state index < -0.39 is 23.3 Å². The third kappa shape index (κ3) is 7.28. The van der Waals surface area contributed by atoms with Gasteiger partial charge in [-0.2, -0.15) is 0 Å². The van der Waals surface area contributed by atoms with E-state index in [0.29, 0.717) is 6.42 Å². The molecule has 0 heterocycles. The van der Waals surface area contributed by atoms with Crippen molar-refractivity contribution in [2.45, 2.75) is 65.7 Å². The summed E-state index contributed by atoms with van der Waals surface area (Å²) in [6.07, 6.45) is 4.63. The second-order valence-corrected chi connectivity index (χ2v) is 4.89. The Morgan fingerprint density at radius 3 is 1.85 bits per heavy atom. The Bertz CT molecular complexity index is 284. The Labute approximate surface area is 166 Å². The predicted octanol–water partition coefficient (Wildman–Crippen LogP) is -5.11. The van der Waals surface area contributed by atoms with Crippen molar-refractivity contribution in [3.8, 4) is 0 Å². The van der Waals surface area contributed by atoms with Gasteiger partial charge in [0.05, 0.1) is 0 Å². The third-order valence-corrected chi connectivity index (χ3v) is 3.87. The number of aliphatic carboxylic acids is 2. The number of carbonyl (C=O) groups is 2. The largest absolute Gasteiger partial charge is 1.00 e. The fraction of sp³-hybridized carbons (Fsp3) is 0.857. The Balaban J connectivity index is -0.00000144. The van der Waals surface area contributed by atoms with E-state index in [1.54, 1.807) is 13.8 Å². The number of hydrogen-bond donors (Lipinski definition) is 0. The molecule has 0 bridgehead atoms. The Hall–Kier alpha value is 0.940. The molecule has 0 aromatic carbocycles. The normalized spacial score (nSPS) is 14.3. The molecule has 0 aliphatic heterocycles. The van der Waals surface area contributed by atoms with Crippen LogP contribution in [0.3, 0.4) is 0 Å². The van der Waals surface area contributed by atoms with Crippen LogP contribution in [0.15, 0.2) is 0 Å².